The summed E-state index contributed by atoms with van der Waals surface area (Å²) in [4.78, 5) is 29.0. The minimum absolute atomic E-state index is 0.0627. The highest BCUT2D eigenvalue weighted by Gasteiger charge is 2.42. The number of benzene rings is 2. The average molecular weight is 668 g/mol. The first-order chi connectivity index (χ1) is 22.2. The van der Waals surface area contributed by atoms with Crippen molar-refractivity contribution in [2.75, 3.05) is 37.5 Å². The van der Waals surface area contributed by atoms with E-state index in [2.05, 4.69) is 45.2 Å². The summed E-state index contributed by atoms with van der Waals surface area (Å²) < 4.78 is 33.5. The lowest BCUT2D eigenvalue weighted by molar-refractivity contribution is -0.125. The van der Waals surface area contributed by atoms with E-state index < -0.39 is 15.8 Å². The number of methoxy groups -OCH3 is 1. The van der Waals surface area contributed by atoms with E-state index in [1.165, 1.54) is 11.1 Å². The molecule has 1 N–H and O–H groups in total. The van der Waals surface area contributed by atoms with Gasteiger partial charge in [0.25, 0.3) is 5.91 Å². The zero-order chi connectivity index (χ0) is 32.3. The first kappa shape index (κ1) is 33.0. The topological polar surface area (TPSA) is 97.3 Å². The first-order valence-corrected chi connectivity index (χ1v) is 18.9. The molecule has 10 heteroatoms. The Bertz CT molecular complexity index is 1610. The Morgan fingerprint density at radius 1 is 1.20 bits per heavy atom. The van der Waals surface area contributed by atoms with Gasteiger partial charge in [0.1, 0.15) is 15.7 Å². The number of aryl methyl sites for hydroxylation is 1. The molecule has 2 bridgehead atoms. The van der Waals surface area contributed by atoms with E-state index in [1.54, 1.807) is 13.2 Å². The molecule has 0 saturated heterocycles. The third kappa shape index (κ3) is 7.16. The molecule has 4 aliphatic rings. The van der Waals surface area contributed by atoms with E-state index in [-0.39, 0.29) is 29.1 Å². The van der Waals surface area contributed by atoms with Crippen LogP contribution in [0.3, 0.4) is 0 Å². The summed E-state index contributed by atoms with van der Waals surface area (Å²) in [6, 6.07) is 11.6. The molecule has 4 atom stereocenters. The highest BCUT2D eigenvalue weighted by atomic mass is 35.5. The lowest BCUT2D eigenvalue weighted by Gasteiger charge is -2.41. The van der Waals surface area contributed by atoms with Gasteiger partial charge in [0.15, 0.2) is 0 Å². The van der Waals surface area contributed by atoms with Gasteiger partial charge in [-0.25, -0.2) is 4.21 Å². The minimum Gasteiger partial charge on any atom is -0.490 e. The van der Waals surface area contributed by atoms with Crippen LogP contribution in [0.4, 0.5) is 5.69 Å². The monoisotopic (exact) mass is 667 g/mol. The number of rotatable bonds is 4. The standard InChI is InChI=1S/C36H46ClN3O5S/c1-3-25-19-30(44-2)12-5-4-6-18-46(43,38-34(41)26-9-7-10-26)39-35(42)28-13-16-33-32(21-28)40(22-25)23-36(24-45-33)17-8-11-27-20-29(37)14-15-31(27)36/h5,12-16,20-21,25-26,30H,3-4,6-11,17-19,22-24H2,1-2H3,(H,38,39,41,42,43)/b12-5+/t25-,30+,36+,46-/m1/s1. The summed E-state index contributed by atoms with van der Waals surface area (Å²) in [6.07, 6.45) is 12.6. The van der Waals surface area contributed by atoms with Crippen molar-refractivity contribution in [3.63, 3.8) is 0 Å². The molecular formula is C36H46ClN3O5S. The summed E-state index contributed by atoms with van der Waals surface area (Å²) in [6.45, 7) is 4.22. The van der Waals surface area contributed by atoms with Crippen LogP contribution in [0, 0.1) is 11.8 Å². The number of ether oxygens (including phenoxy) is 2. The van der Waals surface area contributed by atoms with Crippen LogP contribution in [0.2, 0.25) is 5.02 Å². The second-order valence-corrected chi connectivity index (χ2v) is 16.0. The number of amides is 2. The van der Waals surface area contributed by atoms with Crippen LogP contribution in [0.25, 0.3) is 0 Å². The maximum atomic E-state index is 14.1. The van der Waals surface area contributed by atoms with Gasteiger partial charge < -0.3 is 14.4 Å². The Morgan fingerprint density at radius 2 is 2.04 bits per heavy atom. The number of halogens is 1. The molecule has 2 aliphatic carbocycles. The van der Waals surface area contributed by atoms with Crippen molar-refractivity contribution in [3.05, 3.63) is 70.3 Å². The molecule has 6 rings (SSSR count). The predicted octanol–water partition coefficient (Wildman–Crippen LogP) is 7.03. The van der Waals surface area contributed by atoms with Crippen molar-refractivity contribution >= 4 is 39.0 Å². The van der Waals surface area contributed by atoms with Gasteiger partial charge in [-0.05, 0) is 98.7 Å². The predicted molar refractivity (Wildman–Crippen MR) is 183 cm³/mol. The van der Waals surface area contributed by atoms with Crippen LogP contribution >= 0.6 is 11.6 Å². The van der Waals surface area contributed by atoms with Gasteiger partial charge in [0.05, 0.1) is 24.2 Å². The smallest absolute Gasteiger partial charge is 0.286 e. The number of carbonyl (C=O) groups is 2. The SMILES string of the molecule is CC[C@@H]1C[C@@H](OC)/C=C/CCC[S@@](=O)(NC(=O)C2CCC2)=NC(=O)c2ccc3c(c2)N(C1)C[C@@]1(CCCc2cc(Cl)ccc21)CO3. The molecule has 0 radical (unpaired) electrons. The van der Waals surface area contributed by atoms with Crippen molar-refractivity contribution in [3.8, 4) is 5.75 Å². The van der Waals surface area contributed by atoms with Crippen molar-refractivity contribution in [2.24, 2.45) is 16.2 Å². The Morgan fingerprint density at radius 3 is 2.80 bits per heavy atom. The van der Waals surface area contributed by atoms with Crippen LogP contribution in [0.15, 0.2) is 52.9 Å². The van der Waals surface area contributed by atoms with Gasteiger partial charge in [-0.1, -0.05) is 49.6 Å². The number of hydrogen-bond acceptors (Lipinski definition) is 6. The number of nitrogens with one attached hydrogen (secondary N) is 1. The fraction of sp³-hybridized carbons (Fsp3) is 0.556. The average Bonchev–Trinajstić information content (AvgIpc) is 3.15. The molecule has 0 unspecified atom stereocenters. The molecular weight excluding hydrogens is 622 g/mol. The molecule has 46 heavy (non-hydrogen) atoms. The van der Waals surface area contributed by atoms with Gasteiger partial charge >= 0.3 is 0 Å². The molecule has 8 nitrogen and oxygen atoms in total. The van der Waals surface area contributed by atoms with E-state index in [4.69, 9.17) is 21.1 Å². The molecule has 2 amide bonds. The zero-order valence-corrected chi connectivity index (χ0v) is 28.5. The lowest BCUT2D eigenvalue weighted by Crippen LogP contribution is -2.47. The molecule has 2 aromatic carbocycles. The molecule has 1 fully saturated rings. The normalized spacial score (nSPS) is 29.5. The maximum Gasteiger partial charge on any atom is 0.286 e. The molecule has 1 saturated carbocycles. The number of nitrogens with zero attached hydrogens (tertiary/aromatic N) is 2. The molecule has 248 valence electrons. The molecule has 1 spiro atoms. The lowest BCUT2D eigenvalue weighted by atomic mass is 9.70. The minimum atomic E-state index is -3.31. The van der Waals surface area contributed by atoms with Crippen LogP contribution in [0.5, 0.6) is 5.75 Å². The molecule has 2 aliphatic heterocycles. The molecule has 2 aromatic rings. The maximum absolute atomic E-state index is 14.1. The number of carbonyl (C=O) groups excluding carboxylic acids is 2. The van der Waals surface area contributed by atoms with Crippen LogP contribution in [0.1, 0.15) is 86.2 Å². The largest absolute Gasteiger partial charge is 0.490 e. The Balaban J connectivity index is 1.42. The first-order valence-electron chi connectivity index (χ1n) is 16.8. The second-order valence-electron chi connectivity index (χ2n) is 13.5. The van der Waals surface area contributed by atoms with E-state index in [0.717, 1.165) is 75.2 Å². The number of hydrogen-bond donors (Lipinski definition) is 1. The Labute approximate surface area is 278 Å². The van der Waals surface area contributed by atoms with Crippen LogP contribution in [-0.4, -0.2) is 54.7 Å². The van der Waals surface area contributed by atoms with E-state index >= 15 is 0 Å². The third-order valence-electron chi connectivity index (χ3n) is 10.3. The summed E-state index contributed by atoms with van der Waals surface area (Å²) in [7, 11) is -1.57. The second kappa shape index (κ2) is 14.1. The number of anilines is 1. The van der Waals surface area contributed by atoms with E-state index in [9.17, 15) is 13.8 Å². The van der Waals surface area contributed by atoms with Crippen molar-refractivity contribution < 1.29 is 23.3 Å². The highest BCUT2D eigenvalue weighted by Crippen LogP contribution is 2.45. The number of allylic oxidation sites excluding steroid dienone is 1. The summed E-state index contributed by atoms with van der Waals surface area (Å²) >= 11 is 6.43. The molecule has 0 aromatic heterocycles. The Kier molecular flexibility index (Phi) is 10.1. The fourth-order valence-electron chi connectivity index (χ4n) is 7.37. The van der Waals surface area contributed by atoms with Gasteiger partial charge in [0.2, 0.25) is 5.91 Å². The van der Waals surface area contributed by atoms with Crippen molar-refractivity contribution in [1.82, 2.24) is 4.72 Å². The van der Waals surface area contributed by atoms with E-state index in [1.807, 2.05) is 18.2 Å². The molecule has 2 heterocycles. The van der Waals surface area contributed by atoms with Gasteiger partial charge in [0, 0.05) is 42.1 Å². The summed E-state index contributed by atoms with van der Waals surface area (Å²) in [5.74, 6) is 0.111. The van der Waals surface area contributed by atoms with Crippen molar-refractivity contribution in [1.29, 1.82) is 0 Å². The third-order valence-corrected chi connectivity index (χ3v) is 12.4. The van der Waals surface area contributed by atoms with Crippen LogP contribution < -0.4 is 14.4 Å². The van der Waals surface area contributed by atoms with Gasteiger partial charge in [-0.15, -0.1) is 4.36 Å². The quantitative estimate of drug-likeness (QED) is 0.352. The van der Waals surface area contributed by atoms with Crippen molar-refractivity contribution in [2.45, 2.75) is 82.7 Å². The summed E-state index contributed by atoms with van der Waals surface area (Å²) in [5.41, 5.74) is 3.47. The fourth-order valence-corrected chi connectivity index (χ4v) is 9.22. The number of fused-ring (bicyclic) bond motifs is 3. The van der Waals surface area contributed by atoms with Gasteiger partial charge in [-0.3, -0.25) is 14.3 Å². The van der Waals surface area contributed by atoms with Gasteiger partial charge in [-0.2, -0.15) is 0 Å². The highest BCUT2D eigenvalue weighted by molar-refractivity contribution is 7.92. The van der Waals surface area contributed by atoms with E-state index in [0.29, 0.717) is 36.7 Å². The van der Waals surface area contributed by atoms with Crippen LogP contribution in [-0.2, 0) is 31.3 Å². The Hall–Kier alpha value is -2.88. The zero-order valence-electron chi connectivity index (χ0n) is 27.0. The summed E-state index contributed by atoms with van der Waals surface area (Å²) in [5, 5.41) is 0.746.